The van der Waals surface area contributed by atoms with Gasteiger partial charge in [0, 0.05) is 6.54 Å². The average molecular weight is 417 g/mol. The molecule has 3 aromatic carbocycles. The summed E-state index contributed by atoms with van der Waals surface area (Å²) in [5, 5.41) is 5.73. The van der Waals surface area contributed by atoms with Crippen molar-refractivity contribution in [1.82, 2.24) is 5.32 Å². The van der Waals surface area contributed by atoms with Crippen LogP contribution < -0.4 is 15.4 Å². The Bertz CT molecular complexity index is 1080. The second-order valence-electron chi connectivity index (χ2n) is 7.67. The van der Waals surface area contributed by atoms with E-state index in [2.05, 4.69) is 16.7 Å². The molecule has 2 amide bonds. The smallest absolute Gasteiger partial charge is 0.265 e. The number of benzene rings is 3. The quantitative estimate of drug-likeness (QED) is 0.573. The summed E-state index contributed by atoms with van der Waals surface area (Å²) < 4.78 is 5.93. The van der Waals surface area contributed by atoms with Crippen molar-refractivity contribution in [2.45, 2.75) is 40.3 Å². The highest BCUT2D eigenvalue weighted by Gasteiger charge is 2.19. The minimum atomic E-state index is -0.722. The van der Waals surface area contributed by atoms with Crippen LogP contribution in [-0.2, 0) is 11.3 Å². The summed E-state index contributed by atoms with van der Waals surface area (Å²) in [5.74, 6) is 0.120. The van der Waals surface area contributed by atoms with Crippen LogP contribution in [0.2, 0.25) is 0 Å². The molecule has 2 N–H and O–H groups in total. The molecular weight excluding hydrogens is 388 g/mol. The van der Waals surface area contributed by atoms with Gasteiger partial charge in [0.05, 0.1) is 11.3 Å². The van der Waals surface area contributed by atoms with E-state index in [1.165, 1.54) is 0 Å². The predicted molar refractivity (Wildman–Crippen MR) is 123 cm³/mol. The fraction of sp³-hybridized carbons (Fsp3) is 0.231. The Hall–Kier alpha value is -3.60. The molecule has 0 aliphatic heterocycles. The Morgan fingerprint density at radius 3 is 2.35 bits per heavy atom. The third-order valence-electron chi connectivity index (χ3n) is 5.16. The van der Waals surface area contributed by atoms with E-state index in [1.807, 2.05) is 57.2 Å². The van der Waals surface area contributed by atoms with Gasteiger partial charge in [-0.15, -0.1) is 0 Å². The van der Waals surface area contributed by atoms with Gasteiger partial charge < -0.3 is 15.4 Å². The van der Waals surface area contributed by atoms with E-state index in [0.717, 1.165) is 22.3 Å². The number of ether oxygens (including phenoxy) is 1. The number of anilines is 1. The lowest BCUT2D eigenvalue weighted by atomic mass is 10.1. The summed E-state index contributed by atoms with van der Waals surface area (Å²) in [5.41, 5.74) is 5.05. The summed E-state index contributed by atoms with van der Waals surface area (Å²) in [6.45, 7) is 8.09. The van der Waals surface area contributed by atoms with E-state index in [1.54, 1.807) is 31.2 Å². The molecule has 0 aliphatic rings. The first kappa shape index (κ1) is 22.1. The molecule has 0 aliphatic carbocycles. The van der Waals surface area contributed by atoms with Gasteiger partial charge in [0.25, 0.3) is 11.8 Å². The van der Waals surface area contributed by atoms with Gasteiger partial charge in [-0.3, -0.25) is 9.59 Å². The standard InChI is InChI=1S/C26H28N2O3/c1-17-14-18(2)19(3)24(15-17)31-20(4)25(29)28-23-13-9-8-12-22(23)26(30)27-16-21-10-6-5-7-11-21/h5-15,20H,16H2,1-4H3,(H,27,30)(H,28,29)/t20-/m0/s1. The zero-order valence-electron chi connectivity index (χ0n) is 18.4. The van der Waals surface area contributed by atoms with Crippen LogP contribution in [0.25, 0.3) is 0 Å². The second-order valence-corrected chi connectivity index (χ2v) is 7.67. The number of para-hydroxylation sites is 1. The van der Waals surface area contributed by atoms with Crippen molar-refractivity contribution in [2.75, 3.05) is 5.32 Å². The average Bonchev–Trinajstić information content (AvgIpc) is 2.76. The maximum atomic E-state index is 12.8. The van der Waals surface area contributed by atoms with Gasteiger partial charge in [-0.05, 0) is 68.1 Å². The highest BCUT2D eigenvalue weighted by molar-refractivity contribution is 6.04. The summed E-state index contributed by atoms with van der Waals surface area (Å²) in [4.78, 5) is 25.5. The number of nitrogens with one attached hydrogen (secondary N) is 2. The van der Waals surface area contributed by atoms with Crippen molar-refractivity contribution >= 4 is 17.5 Å². The number of carbonyl (C=O) groups excluding carboxylic acids is 2. The largest absolute Gasteiger partial charge is 0.481 e. The van der Waals surface area contributed by atoms with Gasteiger partial charge in [0.15, 0.2) is 6.10 Å². The van der Waals surface area contributed by atoms with Crippen molar-refractivity contribution in [2.24, 2.45) is 0 Å². The van der Waals surface area contributed by atoms with Crippen LogP contribution in [0.1, 0.15) is 39.5 Å². The molecule has 31 heavy (non-hydrogen) atoms. The second kappa shape index (κ2) is 9.94. The van der Waals surface area contributed by atoms with Crippen LogP contribution in [0, 0.1) is 20.8 Å². The number of amides is 2. The van der Waals surface area contributed by atoms with Crippen molar-refractivity contribution in [1.29, 1.82) is 0 Å². The van der Waals surface area contributed by atoms with E-state index >= 15 is 0 Å². The molecule has 0 saturated heterocycles. The summed E-state index contributed by atoms with van der Waals surface area (Å²) in [6, 6.07) is 20.6. The number of carbonyl (C=O) groups is 2. The molecule has 0 radical (unpaired) electrons. The summed E-state index contributed by atoms with van der Waals surface area (Å²) >= 11 is 0. The molecule has 5 nitrogen and oxygen atoms in total. The van der Waals surface area contributed by atoms with Crippen molar-refractivity contribution in [3.8, 4) is 5.75 Å². The van der Waals surface area contributed by atoms with Gasteiger partial charge >= 0.3 is 0 Å². The number of aryl methyl sites for hydroxylation is 2. The van der Waals surface area contributed by atoms with Gasteiger partial charge in [0.1, 0.15) is 5.75 Å². The Kier molecular flexibility index (Phi) is 7.08. The molecule has 160 valence electrons. The van der Waals surface area contributed by atoms with Gasteiger partial charge in [-0.1, -0.05) is 48.5 Å². The third-order valence-corrected chi connectivity index (χ3v) is 5.16. The molecule has 3 rings (SSSR count). The molecule has 3 aromatic rings. The van der Waals surface area contributed by atoms with Gasteiger partial charge in [-0.25, -0.2) is 0 Å². The zero-order chi connectivity index (χ0) is 22.4. The minimum Gasteiger partial charge on any atom is -0.481 e. The monoisotopic (exact) mass is 416 g/mol. The highest BCUT2D eigenvalue weighted by atomic mass is 16.5. The maximum absolute atomic E-state index is 12.8. The first-order chi connectivity index (χ1) is 14.8. The molecule has 0 saturated carbocycles. The lowest BCUT2D eigenvalue weighted by Gasteiger charge is -2.19. The molecule has 0 fully saturated rings. The van der Waals surface area contributed by atoms with E-state index < -0.39 is 6.10 Å². The van der Waals surface area contributed by atoms with Crippen LogP contribution in [0.15, 0.2) is 66.7 Å². The van der Waals surface area contributed by atoms with Crippen LogP contribution in [0.3, 0.4) is 0 Å². The Morgan fingerprint density at radius 2 is 1.61 bits per heavy atom. The fourth-order valence-corrected chi connectivity index (χ4v) is 3.27. The van der Waals surface area contributed by atoms with E-state index in [0.29, 0.717) is 23.5 Å². The lowest BCUT2D eigenvalue weighted by Crippen LogP contribution is -2.32. The third kappa shape index (κ3) is 5.72. The van der Waals surface area contributed by atoms with Crippen LogP contribution in [0.4, 0.5) is 5.69 Å². The van der Waals surface area contributed by atoms with Crippen molar-refractivity contribution in [3.05, 3.63) is 94.5 Å². The highest BCUT2D eigenvalue weighted by Crippen LogP contribution is 2.25. The maximum Gasteiger partial charge on any atom is 0.265 e. The topological polar surface area (TPSA) is 67.4 Å². The van der Waals surface area contributed by atoms with Crippen LogP contribution in [0.5, 0.6) is 5.75 Å². The number of rotatable bonds is 7. The molecular formula is C26H28N2O3. The van der Waals surface area contributed by atoms with Crippen LogP contribution >= 0.6 is 0 Å². The molecule has 5 heteroatoms. The molecule has 0 spiro atoms. The number of hydrogen-bond donors (Lipinski definition) is 2. The molecule has 1 atom stereocenters. The molecule has 0 aromatic heterocycles. The van der Waals surface area contributed by atoms with Crippen molar-refractivity contribution < 1.29 is 14.3 Å². The van der Waals surface area contributed by atoms with E-state index in [9.17, 15) is 9.59 Å². The normalized spacial score (nSPS) is 11.5. The SMILES string of the molecule is Cc1cc(C)c(C)c(O[C@@H](C)C(=O)Nc2ccccc2C(=O)NCc2ccccc2)c1. The van der Waals surface area contributed by atoms with Crippen LogP contribution in [-0.4, -0.2) is 17.9 Å². The van der Waals surface area contributed by atoms with E-state index in [4.69, 9.17) is 4.74 Å². The zero-order valence-corrected chi connectivity index (χ0v) is 18.4. The molecule has 0 heterocycles. The first-order valence-corrected chi connectivity index (χ1v) is 10.3. The Balaban J connectivity index is 1.68. The van der Waals surface area contributed by atoms with Gasteiger partial charge in [0.2, 0.25) is 0 Å². The minimum absolute atomic E-state index is 0.251. The van der Waals surface area contributed by atoms with Crippen molar-refractivity contribution in [3.63, 3.8) is 0 Å². The Morgan fingerprint density at radius 1 is 0.935 bits per heavy atom. The Labute approximate surface area is 183 Å². The lowest BCUT2D eigenvalue weighted by molar-refractivity contribution is -0.122. The van der Waals surface area contributed by atoms with E-state index in [-0.39, 0.29) is 11.8 Å². The van der Waals surface area contributed by atoms with Gasteiger partial charge in [-0.2, -0.15) is 0 Å². The molecule has 0 unspecified atom stereocenters. The summed E-state index contributed by atoms with van der Waals surface area (Å²) in [7, 11) is 0. The number of hydrogen-bond acceptors (Lipinski definition) is 3. The fourth-order valence-electron chi connectivity index (χ4n) is 3.27. The summed E-state index contributed by atoms with van der Waals surface area (Å²) in [6.07, 6.45) is -0.722. The molecule has 0 bridgehead atoms. The first-order valence-electron chi connectivity index (χ1n) is 10.3. The predicted octanol–water partition coefficient (Wildman–Crippen LogP) is 4.95.